The van der Waals surface area contributed by atoms with E-state index in [1.807, 2.05) is 36.5 Å². The minimum absolute atomic E-state index is 0.227. The number of nitrogens with zero attached hydrogens (tertiary/aromatic N) is 2. The lowest BCUT2D eigenvalue weighted by Gasteiger charge is -2.16. The first kappa shape index (κ1) is 22.3. The molecule has 2 aromatic carbocycles. The van der Waals surface area contributed by atoms with Gasteiger partial charge in [0.15, 0.2) is 0 Å². The summed E-state index contributed by atoms with van der Waals surface area (Å²) in [4.78, 5) is 21.9. The van der Waals surface area contributed by atoms with Crippen molar-refractivity contribution in [1.29, 1.82) is 0 Å². The Morgan fingerprint density at radius 3 is 2.52 bits per heavy atom. The number of carbonyl (C=O) groups is 1. The Morgan fingerprint density at radius 1 is 1.06 bits per heavy atom. The van der Waals surface area contributed by atoms with Gasteiger partial charge in [0.1, 0.15) is 11.4 Å². The number of methoxy groups -OCH3 is 1. The summed E-state index contributed by atoms with van der Waals surface area (Å²) in [7, 11) is 1.32. The van der Waals surface area contributed by atoms with Gasteiger partial charge in [-0.2, -0.15) is 0 Å². The summed E-state index contributed by atoms with van der Waals surface area (Å²) in [5, 5.41) is 0.899. The molecule has 2 aromatic heterocycles. The maximum Gasteiger partial charge on any atom is 0.255 e. The van der Waals surface area contributed by atoms with Crippen LogP contribution >= 0.6 is 0 Å². The van der Waals surface area contributed by atoms with E-state index >= 15 is 0 Å². The molecule has 0 saturated heterocycles. The van der Waals surface area contributed by atoms with Gasteiger partial charge in [-0.05, 0) is 29.8 Å². The molecule has 0 radical (unpaired) electrons. The normalized spacial score (nSPS) is 11.4. The number of fused-ring (bicyclic) bond motifs is 1. The van der Waals surface area contributed by atoms with Gasteiger partial charge in [-0.3, -0.25) is 9.52 Å². The Balaban J connectivity index is 1.85. The number of rotatable bonds is 6. The molecule has 0 atom stereocenters. The summed E-state index contributed by atoms with van der Waals surface area (Å²) in [5.74, 6) is 0.437. The van der Waals surface area contributed by atoms with Crippen molar-refractivity contribution in [3.8, 4) is 28.0 Å². The standard InChI is InChI=1S/C24H24N4O4S/c1-28(2)24(29)19-11-15(9-10-21(19)27-33(4,30)31)16-12-18-20(14-26-23(18)25-13-16)17-7-5-6-8-22(17)32-3/h5-14,27H,1-4H3,(H,25,26). The Kier molecular flexibility index (Phi) is 5.82. The number of H-pyrrole nitrogens is 1. The van der Waals surface area contributed by atoms with Crippen molar-refractivity contribution in [2.75, 3.05) is 32.2 Å². The van der Waals surface area contributed by atoms with Crippen molar-refractivity contribution in [3.05, 3.63) is 66.5 Å². The topological polar surface area (TPSA) is 104 Å². The number of anilines is 1. The smallest absolute Gasteiger partial charge is 0.255 e. The van der Waals surface area contributed by atoms with Crippen molar-refractivity contribution in [2.24, 2.45) is 0 Å². The summed E-state index contributed by atoms with van der Waals surface area (Å²) in [6.07, 6.45) is 4.65. The van der Waals surface area contributed by atoms with E-state index in [-0.39, 0.29) is 17.2 Å². The number of amides is 1. The third-order valence-electron chi connectivity index (χ3n) is 5.21. The van der Waals surface area contributed by atoms with E-state index in [0.29, 0.717) is 0 Å². The molecule has 0 aliphatic carbocycles. The van der Waals surface area contributed by atoms with Gasteiger partial charge in [0, 0.05) is 48.6 Å². The van der Waals surface area contributed by atoms with E-state index in [1.54, 1.807) is 45.6 Å². The number of para-hydroxylation sites is 1. The predicted molar refractivity (Wildman–Crippen MR) is 130 cm³/mol. The molecule has 8 nitrogen and oxygen atoms in total. The van der Waals surface area contributed by atoms with E-state index in [4.69, 9.17) is 4.74 Å². The van der Waals surface area contributed by atoms with E-state index in [1.165, 1.54) is 4.90 Å². The second kappa shape index (κ2) is 8.59. The molecule has 1 amide bonds. The molecule has 4 aromatic rings. The van der Waals surface area contributed by atoms with E-state index < -0.39 is 10.0 Å². The maximum atomic E-state index is 12.8. The molecular formula is C24H24N4O4S. The molecule has 0 bridgehead atoms. The molecule has 0 unspecified atom stereocenters. The van der Waals surface area contributed by atoms with Gasteiger partial charge in [0.2, 0.25) is 10.0 Å². The van der Waals surface area contributed by atoms with Crippen LogP contribution in [0.2, 0.25) is 0 Å². The van der Waals surface area contributed by atoms with Crippen LogP contribution in [0.3, 0.4) is 0 Å². The number of ether oxygens (including phenoxy) is 1. The lowest BCUT2D eigenvalue weighted by molar-refractivity contribution is 0.0828. The zero-order chi connectivity index (χ0) is 23.8. The lowest BCUT2D eigenvalue weighted by Crippen LogP contribution is -2.24. The zero-order valence-electron chi connectivity index (χ0n) is 18.7. The van der Waals surface area contributed by atoms with Crippen LogP contribution in [-0.4, -0.2) is 56.7 Å². The maximum absolute atomic E-state index is 12.8. The second-order valence-electron chi connectivity index (χ2n) is 7.86. The highest BCUT2D eigenvalue weighted by atomic mass is 32.2. The van der Waals surface area contributed by atoms with Gasteiger partial charge in [0.05, 0.1) is 24.6 Å². The van der Waals surface area contributed by atoms with Crippen molar-refractivity contribution in [2.45, 2.75) is 0 Å². The summed E-state index contributed by atoms with van der Waals surface area (Å²) < 4.78 is 31.5. The molecule has 0 aliphatic rings. The van der Waals surface area contributed by atoms with Gasteiger partial charge >= 0.3 is 0 Å². The molecule has 2 N–H and O–H groups in total. The molecule has 0 saturated carbocycles. The highest BCUT2D eigenvalue weighted by molar-refractivity contribution is 7.92. The minimum Gasteiger partial charge on any atom is -0.496 e. The highest BCUT2D eigenvalue weighted by Crippen LogP contribution is 2.36. The number of aromatic nitrogens is 2. The molecule has 4 rings (SSSR count). The van der Waals surface area contributed by atoms with Gasteiger partial charge in [-0.1, -0.05) is 24.3 Å². The third kappa shape index (κ3) is 4.54. The predicted octanol–water partition coefficient (Wildman–Crippen LogP) is 3.98. The number of carbonyl (C=O) groups excluding carboxylic acids is 1. The van der Waals surface area contributed by atoms with Crippen LogP contribution in [0.4, 0.5) is 5.69 Å². The monoisotopic (exact) mass is 464 g/mol. The average Bonchev–Trinajstić information content (AvgIpc) is 3.20. The SMILES string of the molecule is COc1ccccc1-c1c[nH]c2ncc(-c3ccc(NS(C)(=O)=O)c(C(=O)N(C)C)c3)cc12. The second-order valence-corrected chi connectivity index (χ2v) is 9.61. The fourth-order valence-corrected chi connectivity index (χ4v) is 4.26. The zero-order valence-corrected chi connectivity index (χ0v) is 19.5. The Morgan fingerprint density at radius 2 is 1.82 bits per heavy atom. The third-order valence-corrected chi connectivity index (χ3v) is 5.80. The fraction of sp³-hybridized carbons (Fsp3) is 0.167. The fourth-order valence-electron chi connectivity index (χ4n) is 3.68. The number of sulfonamides is 1. The van der Waals surface area contributed by atoms with Crippen LogP contribution in [0.5, 0.6) is 5.75 Å². The van der Waals surface area contributed by atoms with E-state index in [2.05, 4.69) is 14.7 Å². The Bertz CT molecular complexity index is 1460. The molecule has 170 valence electrons. The van der Waals surface area contributed by atoms with Crippen LogP contribution in [0.25, 0.3) is 33.3 Å². The van der Waals surface area contributed by atoms with Crippen molar-refractivity contribution < 1.29 is 17.9 Å². The highest BCUT2D eigenvalue weighted by Gasteiger charge is 2.18. The van der Waals surface area contributed by atoms with Gasteiger partial charge < -0.3 is 14.6 Å². The molecule has 2 heterocycles. The van der Waals surface area contributed by atoms with Crippen LogP contribution in [0, 0.1) is 0 Å². The average molecular weight is 465 g/mol. The number of pyridine rings is 1. The summed E-state index contributed by atoms with van der Waals surface area (Å²) in [5.41, 5.74) is 4.60. The van der Waals surface area contributed by atoms with Crippen molar-refractivity contribution >= 4 is 32.7 Å². The molecule has 9 heteroatoms. The lowest BCUT2D eigenvalue weighted by atomic mass is 9.99. The Hall–Kier alpha value is -3.85. The molecule has 33 heavy (non-hydrogen) atoms. The van der Waals surface area contributed by atoms with Crippen LogP contribution in [0.1, 0.15) is 10.4 Å². The number of hydrogen-bond donors (Lipinski definition) is 2. The number of aromatic amines is 1. The van der Waals surface area contributed by atoms with Crippen LogP contribution in [0.15, 0.2) is 60.9 Å². The quantitative estimate of drug-likeness (QED) is 0.449. The number of hydrogen-bond acceptors (Lipinski definition) is 5. The molecule has 0 spiro atoms. The van der Waals surface area contributed by atoms with Gasteiger partial charge in [-0.15, -0.1) is 0 Å². The van der Waals surface area contributed by atoms with Gasteiger partial charge in [-0.25, -0.2) is 13.4 Å². The minimum atomic E-state index is -3.55. The summed E-state index contributed by atoms with van der Waals surface area (Å²) in [6.45, 7) is 0. The van der Waals surface area contributed by atoms with Gasteiger partial charge in [0.25, 0.3) is 5.91 Å². The largest absolute Gasteiger partial charge is 0.496 e. The molecule has 0 fully saturated rings. The van der Waals surface area contributed by atoms with Crippen molar-refractivity contribution in [3.63, 3.8) is 0 Å². The summed E-state index contributed by atoms with van der Waals surface area (Å²) >= 11 is 0. The molecular weight excluding hydrogens is 440 g/mol. The Labute approximate surface area is 192 Å². The van der Waals surface area contributed by atoms with Crippen molar-refractivity contribution in [1.82, 2.24) is 14.9 Å². The molecule has 0 aliphatic heterocycles. The van der Waals surface area contributed by atoms with Crippen LogP contribution < -0.4 is 9.46 Å². The van der Waals surface area contributed by atoms with Crippen LogP contribution in [-0.2, 0) is 10.0 Å². The van der Waals surface area contributed by atoms with E-state index in [0.717, 1.165) is 45.3 Å². The first-order valence-electron chi connectivity index (χ1n) is 10.1. The number of nitrogens with one attached hydrogen (secondary N) is 2. The first-order valence-corrected chi connectivity index (χ1v) is 12.0. The number of benzene rings is 2. The van der Waals surface area contributed by atoms with E-state index in [9.17, 15) is 13.2 Å². The first-order chi connectivity index (χ1) is 15.7. The summed E-state index contributed by atoms with van der Waals surface area (Å²) in [6, 6.07) is 14.8.